The van der Waals surface area contributed by atoms with E-state index in [-0.39, 0.29) is 17.2 Å². The fourth-order valence-corrected chi connectivity index (χ4v) is 2.45. The fourth-order valence-electron chi connectivity index (χ4n) is 2.45. The molecule has 4 heteroatoms. The Hall–Kier alpha value is -0.930. The van der Waals surface area contributed by atoms with Crippen molar-refractivity contribution in [3.05, 3.63) is 0 Å². The topological polar surface area (TPSA) is 46.2 Å². The molecule has 0 aromatic heterocycles. The predicted octanol–water partition coefficient (Wildman–Crippen LogP) is 0.931. The number of hydrogen-bond donors (Lipinski definition) is 1. The summed E-state index contributed by atoms with van der Waals surface area (Å²) in [4.78, 5) is 22.2. The second kappa shape index (κ2) is 2.79. The van der Waals surface area contributed by atoms with Gasteiger partial charge in [-0.2, -0.15) is 0 Å². The molecule has 2 rings (SSSR count). The van der Waals surface area contributed by atoms with E-state index < -0.39 is 6.17 Å². The highest BCUT2D eigenvalue weighted by atomic mass is 19.1. The Morgan fingerprint density at radius 1 is 1.31 bits per heavy atom. The summed E-state index contributed by atoms with van der Waals surface area (Å²) in [5, 5.41) is 2.24. The first-order valence-electron chi connectivity index (χ1n) is 4.56. The van der Waals surface area contributed by atoms with Gasteiger partial charge < -0.3 is 0 Å². The van der Waals surface area contributed by atoms with Gasteiger partial charge in [0.25, 0.3) is 0 Å². The number of alkyl halides is 1. The standard InChI is InChI=1S/C9H12FNO2/c10-6-1-2-9(3-6)4-7(12)11-8(13)5-9/h6H,1-5H2,(H,11,12,13). The lowest BCUT2D eigenvalue weighted by molar-refractivity contribution is -0.137. The van der Waals surface area contributed by atoms with Crippen molar-refractivity contribution in [1.29, 1.82) is 0 Å². The molecule has 1 heterocycles. The minimum atomic E-state index is -0.821. The highest BCUT2D eigenvalue weighted by Gasteiger charge is 2.45. The maximum absolute atomic E-state index is 13.0. The molecule has 1 atom stereocenters. The highest BCUT2D eigenvalue weighted by molar-refractivity contribution is 5.98. The van der Waals surface area contributed by atoms with Crippen LogP contribution >= 0.6 is 0 Å². The summed E-state index contributed by atoms with van der Waals surface area (Å²) < 4.78 is 13.0. The van der Waals surface area contributed by atoms with Crippen LogP contribution in [0.3, 0.4) is 0 Å². The van der Waals surface area contributed by atoms with E-state index in [4.69, 9.17) is 0 Å². The number of nitrogens with one attached hydrogen (secondary N) is 1. The van der Waals surface area contributed by atoms with Gasteiger partial charge in [-0.05, 0) is 24.7 Å². The summed E-state index contributed by atoms with van der Waals surface area (Å²) in [5.41, 5.74) is -0.348. The molecule has 72 valence electrons. The third-order valence-electron chi connectivity index (χ3n) is 2.99. The van der Waals surface area contributed by atoms with Gasteiger partial charge in [0.05, 0.1) is 0 Å². The van der Waals surface area contributed by atoms with Crippen LogP contribution in [0.1, 0.15) is 32.1 Å². The molecule has 0 bridgehead atoms. The quantitative estimate of drug-likeness (QED) is 0.571. The van der Waals surface area contributed by atoms with Gasteiger partial charge in [0.2, 0.25) is 11.8 Å². The molecule has 1 N–H and O–H groups in total. The molecule has 2 fully saturated rings. The smallest absolute Gasteiger partial charge is 0.227 e. The molecule has 2 amide bonds. The first-order chi connectivity index (χ1) is 6.10. The zero-order chi connectivity index (χ0) is 9.47. The van der Waals surface area contributed by atoms with Gasteiger partial charge in [0, 0.05) is 12.8 Å². The molecule has 2 aliphatic rings. The first-order valence-corrected chi connectivity index (χ1v) is 4.56. The zero-order valence-electron chi connectivity index (χ0n) is 7.31. The van der Waals surface area contributed by atoms with Crippen LogP contribution in [0.5, 0.6) is 0 Å². The number of piperidine rings is 1. The van der Waals surface area contributed by atoms with Crippen LogP contribution in [0.2, 0.25) is 0 Å². The second-order valence-corrected chi connectivity index (χ2v) is 4.16. The van der Waals surface area contributed by atoms with E-state index in [1.807, 2.05) is 0 Å². The van der Waals surface area contributed by atoms with Gasteiger partial charge in [-0.1, -0.05) is 0 Å². The monoisotopic (exact) mass is 185 g/mol. The number of carbonyl (C=O) groups excluding carboxylic acids is 2. The molecule has 0 radical (unpaired) electrons. The molecule has 1 aliphatic heterocycles. The third kappa shape index (κ3) is 1.57. The molecule has 3 nitrogen and oxygen atoms in total. The molecule has 1 unspecified atom stereocenters. The van der Waals surface area contributed by atoms with Crippen molar-refractivity contribution in [2.24, 2.45) is 5.41 Å². The van der Waals surface area contributed by atoms with E-state index >= 15 is 0 Å². The summed E-state index contributed by atoms with van der Waals surface area (Å²) in [7, 11) is 0. The van der Waals surface area contributed by atoms with E-state index in [1.54, 1.807) is 0 Å². The average Bonchev–Trinajstić information content (AvgIpc) is 2.28. The van der Waals surface area contributed by atoms with Crippen molar-refractivity contribution in [3.8, 4) is 0 Å². The minimum absolute atomic E-state index is 0.245. The van der Waals surface area contributed by atoms with Gasteiger partial charge in [-0.15, -0.1) is 0 Å². The van der Waals surface area contributed by atoms with Gasteiger partial charge >= 0.3 is 0 Å². The third-order valence-corrected chi connectivity index (χ3v) is 2.99. The fraction of sp³-hybridized carbons (Fsp3) is 0.778. The summed E-state index contributed by atoms with van der Waals surface area (Å²) in [5.74, 6) is -0.490. The van der Waals surface area contributed by atoms with E-state index in [1.165, 1.54) is 0 Å². The van der Waals surface area contributed by atoms with Crippen LogP contribution in [0.25, 0.3) is 0 Å². The lowest BCUT2D eigenvalue weighted by Gasteiger charge is -2.31. The maximum Gasteiger partial charge on any atom is 0.227 e. The van der Waals surface area contributed by atoms with Crippen molar-refractivity contribution in [2.45, 2.75) is 38.3 Å². The number of amides is 2. The number of rotatable bonds is 0. The van der Waals surface area contributed by atoms with Gasteiger partial charge in [0.1, 0.15) is 6.17 Å². The van der Waals surface area contributed by atoms with Crippen molar-refractivity contribution in [1.82, 2.24) is 5.32 Å². The second-order valence-electron chi connectivity index (χ2n) is 4.16. The predicted molar refractivity (Wildman–Crippen MR) is 43.6 cm³/mol. The van der Waals surface area contributed by atoms with Crippen LogP contribution in [0.4, 0.5) is 4.39 Å². The van der Waals surface area contributed by atoms with Crippen molar-refractivity contribution in [2.75, 3.05) is 0 Å². The largest absolute Gasteiger partial charge is 0.296 e. The van der Waals surface area contributed by atoms with E-state index in [2.05, 4.69) is 5.32 Å². The first kappa shape index (κ1) is 8.66. The van der Waals surface area contributed by atoms with Gasteiger partial charge in [0.15, 0.2) is 0 Å². The van der Waals surface area contributed by atoms with E-state index in [9.17, 15) is 14.0 Å². The van der Waals surface area contributed by atoms with Crippen LogP contribution in [0.15, 0.2) is 0 Å². The van der Waals surface area contributed by atoms with Crippen LogP contribution in [0, 0.1) is 5.41 Å². The molecular weight excluding hydrogens is 173 g/mol. The number of carbonyl (C=O) groups is 2. The van der Waals surface area contributed by atoms with Crippen molar-refractivity contribution in [3.63, 3.8) is 0 Å². The van der Waals surface area contributed by atoms with Crippen molar-refractivity contribution >= 4 is 11.8 Å². The molecule has 0 aromatic rings. The lowest BCUT2D eigenvalue weighted by Crippen LogP contribution is -2.43. The number of halogens is 1. The Morgan fingerprint density at radius 3 is 2.38 bits per heavy atom. The lowest BCUT2D eigenvalue weighted by atomic mass is 9.77. The van der Waals surface area contributed by atoms with E-state index in [0.717, 1.165) is 0 Å². The Morgan fingerprint density at radius 2 is 1.92 bits per heavy atom. The Labute approximate surface area is 75.7 Å². The van der Waals surface area contributed by atoms with Gasteiger partial charge in [-0.25, -0.2) is 4.39 Å². The summed E-state index contributed by atoms with van der Waals surface area (Å²) in [6.07, 6.45) is 1.37. The molecule has 1 saturated carbocycles. The molecule has 1 aliphatic carbocycles. The Kier molecular flexibility index (Phi) is 1.86. The molecular formula is C9H12FNO2. The number of imide groups is 1. The molecule has 13 heavy (non-hydrogen) atoms. The maximum atomic E-state index is 13.0. The van der Waals surface area contributed by atoms with Crippen LogP contribution < -0.4 is 5.32 Å². The number of hydrogen-bond acceptors (Lipinski definition) is 2. The zero-order valence-corrected chi connectivity index (χ0v) is 7.31. The minimum Gasteiger partial charge on any atom is -0.296 e. The average molecular weight is 185 g/mol. The molecule has 1 spiro atoms. The molecule has 1 saturated heterocycles. The summed E-state index contributed by atoms with van der Waals surface area (Å²) in [6.45, 7) is 0. The van der Waals surface area contributed by atoms with E-state index in [0.29, 0.717) is 32.1 Å². The van der Waals surface area contributed by atoms with Crippen molar-refractivity contribution < 1.29 is 14.0 Å². The molecule has 0 aromatic carbocycles. The Balaban J connectivity index is 2.14. The highest BCUT2D eigenvalue weighted by Crippen LogP contribution is 2.46. The normalized spacial score (nSPS) is 32.2. The van der Waals surface area contributed by atoms with Crippen LogP contribution in [-0.4, -0.2) is 18.0 Å². The SMILES string of the molecule is O=C1CC2(CCC(F)C2)CC(=O)N1. The van der Waals surface area contributed by atoms with Gasteiger partial charge in [-0.3, -0.25) is 14.9 Å². The summed E-state index contributed by atoms with van der Waals surface area (Å²) in [6, 6.07) is 0. The summed E-state index contributed by atoms with van der Waals surface area (Å²) >= 11 is 0. The van der Waals surface area contributed by atoms with Crippen LogP contribution in [-0.2, 0) is 9.59 Å². The Bertz CT molecular complexity index is 248.